The van der Waals surface area contributed by atoms with Gasteiger partial charge in [0.15, 0.2) is 5.03 Å². The molecule has 0 saturated carbocycles. The van der Waals surface area contributed by atoms with Crippen molar-refractivity contribution < 1.29 is 13.2 Å². The minimum atomic E-state index is -3.72. The van der Waals surface area contributed by atoms with Crippen LogP contribution in [0.2, 0.25) is 0 Å². The number of ether oxygens (including phenoxy) is 1. The Morgan fingerprint density at radius 1 is 1.29 bits per heavy atom. The Bertz CT molecular complexity index is 728. The molecule has 1 heterocycles. The maximum atomic E-state index is 12.3. The summed E-state index contributed by atoms with van der Waals surface area (Å²) in [7, 11) is -2.17. The van der Waals surface area contributed by atoms with Crippen molar-refractivity contribution in [3.05, 3.63) is 47.7 Å². The second-order valence-corrected chi connectivity index (χ2v) is 6.12. The van der Waals surface area contributed by atoms with E-state index in [1.165, 1.54) is 12.3 Å². The van der Waals surface area contributed by atoms with Gasteiger partial charge >= 0.3 is 0 Å². The van der Waals surface area contributed by atoms with Gasteiger partial charge in [0, 0.05) is 12.7 Å². The Labute approximate surface area is 124 Å². The number of pyridine rings is 1. The maximum Gasteiger partial charge on any atom is 0.279 e. The van der Waals surface area contributed by atoms with Gasteiger partial charge in [0.1, 0.15) is 5.75 Å². The van der Waals surface area contributed by atoms with Crippen LogP contribution >= 0.6 is 0 Å². The molecule has 0 aliphatic heterocycles. The van der Waals surface area contributed by atoms with E-state index in [2.05, 4.69) is 9.71 Å². The molecule has 0 radical (unpaired) electrons. The molecule has 0 atom stereocenters. The van der Waals surface area contributed by atoms with Crippen molar-refractivity contribution in [2.75, 3.05) is 11.8 Å². The van der Waals surface area contributed by atoms with Gasteiger partial charge in [0.05, 0.1) is 12.8 Å². The largest absolute Gasteiger partial charge is 0.497 e. The predicted molar refractivity (Wildman–Crippen MR) is 80.7 cm³/mol. The zero-order valence-corrected chi connectivity index (χ0v) is 12.6. The molecule has 0 spiro atoms. The number of sulfonamides is 1. The van der Waals surface area contributed by atoms with Crippen molar-refractivity contribution >= 4 is 15.7 Å². The Morgan fingerprint density at radius 2 is 2.05 bits per heavy atom. The van der Waals surface area contributed by atoms with Crippen molar-refractivity contribution in [2.45, 2.75) is 18.5 Å². The summed E-state index contributed by atoms with van der Waals surface area (Å²) in [5, 5.41) is -0.0464. The third-order valence-corrected chi connectivity index (χ3v) is 4.27. The van der Waals surface area contributed by atoms with Crippen LogP contribution in [-0.2, 0) is 16.6 Å². The first kappa shape index (κ1) is 15.3. The highest BCUT2D eigenvalue weighted by Gasteiger charge is 2.16. The lowest BCUT2D eigenvalue weighted by Gasteiger charge is -2.11. The van der Waals surface area contributed by atoms with Crippen LogP contribution in [0.15, 0.2) is 41.6 Å². The number of aryl methyl sites for hydroxylation is 1. The van der Waals surface area contributed by atoms with E-state index in [9.17, 15) is 8.42 Å². The summed E-state index contributed by atoms with van der Waals surface area (Å²) >= 11 is 0. The molecular formula is C14H17N3O3S. The Morgan fingerprint density at radius 3 is 2.57 bits per heavy atom. The van der Waals surface area contributed by atoms with Gasteiger partial charge in [0.25, 0.3) is 10.0 Å². The van der Waals surface area contributed by atoms with E-state index in [1.54, 1.807) is 38.3 Å². The van der Waals surface area contributed by atoms with Crippen LogP contribution in [0.4, 0.5) is 5.69 Å². The summed E-state index contributed by atoms with van der Waals surface area (Å²) in [6.07, 6.45) is 1.45. The molecule has 2 rings (SSSR count). The van der Waals surface area contributed by atoms with Gasteiger partial charge in [-0.3, -0.25) is 4.72 Å². The summed E-state index contributed by atoms with van der Waals surface area (Å²) in [6, 6.07) is 8.17. The lowest BCUT2D eigenvalue weighted by atomic mass is 10.2. The molecular weight excluding hydrogens is 290 g/mol. The van der Waals surface area contributed by atoms with Gasteiger partial charge in [-0.25, -0.2) is 4.98 Å². The van der Waals surface area contributed by atoms with Gasteiger partial charge in [-0.15, -0.1) is 0 Å². The third-order valence-electron chi connectivity index (χ3n) is 2.99. The number of methoxy groups -OCH3 is 1. The quantitative estimate of drug-likeness (QED) is 0.876. The first-order valence-electron chi connectivity index (χ1n) is 6.28. The maximum absolute atomic E-state index is 12.3. The highest BCUT2D eigenvalue weighted by Crippen LogP contribution is 2.23. The molecule has 6 nitrogen and oxygen atoms in total. The van der Waals surface area contributed by atoms with Gasteiger partial charge in [-0.05, 0) is 42.3 Å². The molecule has 1 aromatic heterocycles. The van der Waals surface area contributed by atoms with Crippen LogP contribution in [0.3, 0.4) is 0 Å². The van der Waals surface area contributed by atoms with Gasteiger partial charge in [-0.2, -0.15) is 8.42 Å². The number of benzene rings is 1. The lowest BCUT2D eigenvalue weighted by Crippen LogP contribution is -2.15. The van der Waals surface area contributed by atoms with E-state index in [-0.39, 0.29) is 5.03 Å². The zero-order valence-electron chi connectivity index (χ0n) is 11.8. The van der Waals surface area contributed by atoms with Crippen molar-refractivity contribution in [3.63, 3.8) is 0 Å². The number of aromatic nitrogens is 1. The topological polar surface area (TPSA) is 94.3 Å². The molecule has 112 valence electrons. The molecule has 0 aliphatic carbocycles. The standard InChI is InChI=1S/C14H17N3O3S/c1-10-7-12(20-2)4-5-13(10)17-21(18,19)14-6-3-11(8-15)9-16-14/h3-7,9,17H,8,15H2,1-2H3. The smallest absolute Gasteiger partial charge is 0.279 e. The second kappa shape index (κ2) is 6.11. The van der Waals surface area contributed by atoms with E-state index in [4.69, 9.17) is 10.5 Å². The summed E-state index contributed by atoms with van der Waals surface area (Å²) in [5.41, 5.74) is 7.48. The van der Waals surface area contributed by atoms with Crippen LogP contribution in [-0.4, -0.2) is 20.5 Å². The number of nitrogens with two attached hydrogens (primary N) is 1. The van der Waals surface area contributed by atoms with E-state index < -0.39 is 10.0 Å². The highest BCUT2D eigenvalue weighted by molar-refractivity contribution is 7.92. The summed E-state index contributed by atoms with van der Waals surface area (Å²) in [5.74, 6) is 0.667. The zero-order chi connectivity index (χ0) is 15.5. The average molecular weight is 307 g/mol. The number of rotatable bonds is 5. The van der Waals surface area contributed by atoms with Crippen molar-refractivity contribution in [3.8, 4) is 5.75 Å². The normalized spacial score (nSPS) is 11.2. The molecule has 2 aromatic rings. The second-order valence-electron chi connectivity index (χ2n) is 4.50. The number of nitrogens with one attached hydrogen (secondary N) is 1. The lowest BCUT2D eigenvalue weighted by molar-refractivity contribution is 0.414. The van der Waals surface area contributed by atoms with Crippen molar-refractivity contribution in [1.82, 2.24) is 4.98 Å². The molecule has 0 unspecified atom stereocenters. The van der Waals surface area contributed by atoms with Crippen LogP contribution in [0.1, 0.15) is 11.1 Å². The fraction of sp³-hybridized carbons (Fsp3) is 0.214. The molecule has 0 saturated heterocycles. The first-order chi connectivity index (χ1) is 9.96. The Hall–Kier alpha value is -2.12. The first-order valence-corrected chi connectivity index (χ1v) is 7.77. The Kier molecular flexibility index (Phi) is 4.44. The molecule has 0 fully saturated rings. The van der Waals surface area contributed by atoms with E-state index in [1.807, 2.05) is 0 Å². The van der Waals surface area contributed by atoms with E-state index in [0.717, 1.165) is 11.1 Å². The number of nitrogens with zero attached hydrogens (tertiary/aromatic N) is 1. The molecule has 21 heavy (non-hydrogen) atoms. The van der Waals surface area contributed by atoms with Crippen LogP contribution in [0, 0.1) is 6.92 Å². The SMILES string of the molecule is COc1ccc(NS(=O)(=O)c2ccc(CN)cn2)c(C)c1. The highest BCUT2D eigenvalue weighted by atomic mass is 32.2. The molecule has 0 aliphatic rings. The van der Waals surface area contributed by atoms with Crippen molar-refractivity contribution in [2.24, 2.45) is 5.73 Å². The van der Waals surface area contributed by atoms with Crippen molar-refractivity contribution in [1.29, 1.82) is 0 Å². The van der Waals surface area contributed by atoms with Crippen LogP contribution < -0.4 is 15.2 Å². The number of hydrogen-bond donors (Lipinski definition) is 2. The average Bonchev–Trinajstić information content (AvgIpc) is 2.49. The van der Waals surface area contributed by atoms with Crippen LogP contribution in [0.25, 0.3) is 0 Å². The summed E-state index contributed by atoms with van der Waals surface area (Å²) in [6.45, 7) is 2.11. The minimum absolute atomic E-state index is 0.0464. The summed E-state index contributed by atoms with van der Waals surface area (Å²) in [4.78, 5) is 3.93. The molecule has 3 N–H and O–H groups in total. The van der Waals surface area contributed by atoms with E-state index >= 15 is 0 Å². The van der Waals surface area contributed by atoms with Crippen LogP contribution in [0.5, 0.6) is 5.75 Å². The van der Waals surface area contributed by atoms with Gasteiger partial charge in [0.2, 0.25) is 0 Å². The molecule has 7 heteroatoms. The number of anilines is 1. The number of hydrogen-bond acceptors (Lipinski definition) is 5. The monoisotopic (exact) mass is 307 g/mol. The summed E-state index contributed by atoms with van der Waals surface area (Å²) < 4.78 is 32.1. The molecule has 1 aromatic carbocycles. The third kappa shape index (κ3) is 3.50. The van der Waals surface area contributed by atoms with Gasteiger partial charge in [-0.1, -0.05) is 6.07 Å². The van der Waals surface area contributed by atoms with E-state index in [0.29, 0.717) is 18.0 Å². The molecule has 0 bridgehead atoms. The Balaban J connectivity index is 2.28. The predicted octanol–water partition coefficient (Wildman–Crippen LogP) is 1.66. The minimum Gasteiger partial charge on any atom is -0.497 e. The molecule has 0 amide bonds. The van der Waals surface area contributed by atoms with Gasteiger partial charge < -0.3 is 10.5 Å². The fourth-order valence-corrected chi connectivity index (χ4v) is 2.83. The fourth-order valence-electron chi connectivity index (χ4n) is 1.77.